The summed E-state index contributed by atoms with van der Waals surface area (Å²) in [5, 5.41) is 6.86. The van der Waals surface area contributed by atoms with Crippen molar-refractivity contribution in [3.8, 4) is 0 Å². The number of carbonyl (C=O) groups is 1. The number of nitrogens with zero attached hydrogens (tertiary/aromatic N) is 2. The number of halogens is 2. The van der Waals surface area contributed by atoms with Crippen molar-refractivity contribution in [3.05, 3.63) is 46.3 Å². The number of carbonyl (C=O) groups excluding carboxylic acids is 1. The molecule has 1 heterocycles. The van der Waals surface area contributed by atoms with E-state index in [1.54, 1.807) is 23.0 Å². The number of anilines is 1. The van der Waals surface area contributed by atoms with Crippen LogP contribution < -0.4 is 5.32 Å². The van der Waals surface area contributed by atoms with E-state index < -0.39 is 11.7 Å². The molecule has 0 saturated heterocycles. The normalized spacial score (nSPS) is 12.2. The van der Waals surface area contributed by atoms with Crippen LogP contribution in [0.5, 0.6) is 0 Å². The van der Waals surface area contributed by atoms with Crippen molar-refractivity contribution >= 4 is 27.7 Å². The quantitative estimate of drug-likeness (QED) is 0.914. The van der Waals surface area contributed by atoms with Crippen molar-refractivity contribution in [2.45, 2.75) is 26.3 Å². The van der Waals surface area contributed by atoms with Crippen LogP contribution in [0.2, 0.25) is 0 Å². The number of hydrogen-bond donors (Lipinski definition) is 1. The number of hydrogen-bond acceptors (Lipinski definition) is 2. The van der Waals surface area contributed by atoms with Gasteiger partial charge in [-0.1, -0.05) is 22.9 Å². The summed E-state index contributed by atoms with van der Waals surface area (Å²) in [6.07, 6.45) is 2.50. The zero-order valence-corrected chi connectivity index (χ0v) is 12.8. The molecule has 4 nitrogen and oxygen atoms in total. The molecule has 0 saturated carbocycles. The predicted octanol–water partition coefficient (Wildman–Crippen LogP) is 4.01. The molecular formula is C14H15BrFN3O. The van der Waals surface area contributed by atoms with Crippen LogP contribution in [-0.2, 0) is 0 Å². The second-order valence-corrected chi connectivity index (χ2v) is 5.41. The van der Waals surface area contributed by atoms with Crippen LogP contribution in [0.3, 0.4) is 0 Å². The lowest BCUT2D eigenvalue weighted by Crippen LogP contribution is -2.18. The molecule has 1 unspecified atom stereocenters. The Hall–Kier alpha value is -1.69. The van der Waals surface area contributed by atoms with Crippen molar-refractivity contribution in [3.63, 3.8) is 0 Å². The zero-order valence-electron chi connectivity index (χ0n) is 11.2. The van der Waals surface area contributed by atoms with E-state index in [1.807, 2.05) is 13.8 Å². The van der Waals surface area contributed by atoms with Crippen LogP contribution in [0, 0.1) is 5.82 Å². The molecule has 1 N–H and O–H groups in total. The summed E-state index contributed by atoms with van der Waals surface area (Å²) >= 11 is 3.16. The van der Waals surface area contributed by atoms with Gasteiger partial charge in [-0.2, -0.15) is 5.10 Å². The van der Waals surface area contributed by atoms with Gasteiger partial charge in [-0.3, -0.25) is 4.79 Å². The SMILES string of the molecule is CCC(C)n1nccc1NC(=O)c1ccc(Br)cc1F. The topological polar surface area (TPSA) is 46.9 Å². The Balaban J connectivity index is 2.22. The molecule has 0 radical (unpaired) electrons. The smallest absolute Gasteiger partial charge is 0.259 e. The molecule has 1 aromatic carbocycles. The average molecular weight is 340 g/mol. The first-order valence-electron chi connectivity index (χ1n) is 6.32. The Morgan fingerprint density at radius 2 is 2.25 bits per heavy atom. The molecule has 0 fully saturated rings. The van der Waals surface area contributed by atoms with Gasteiger partial charge in [0.2, 0.25) is 0 Å². The Kier molecular flexibility index (Phi) is 4.54. The average Bonchev–Trinajstić information content (AvgIpc) is 2.85. The fourth-order valence-corrected chi connectivity index (χ4v) is 2.13. The molecule has 20 heavy (non-hydrogen) atoms. The van der Waals surface area contributed by atoms with Crippen molar-refractivity contribution in [2.75, 3.05) is 5.32 Å². The van der Waals surface area contributed by atoms with Gasteiger partial charge >= 0.3 is 0 Å². The second kappa shape index (κ2) is 6.17. The minimum Gasteiger partial charge on any atom is -0.307 e. The summed E-state index contributed by atoms with van der Waals surface area (Å²) in [5.41, 5.74) is 0.00472. The number of rotatable bonds is 4. The first kappa shape index (κ1) is 14.7. The van der Waals surface area contributed by atoms with Crippen LogP contribution in [0.4, 0.5) is 10.2 Å². The molecule has 0 spiro atoms. The molecule has 6 heteroatoms. The van der Waals surface area contributed by atoms with Gasteiger partial charge in [0, 0.05) is 10.5 Å². The van der Waals surface area contributed by atoms with Crippen molar-refractivity contribution in [1.82, 2.24) is 9.78 Å². The maximum absolute atomic E-state index is 13.7. The van der Waals surface area contributed by atoms with E-state index in [4.69, 9.17) is 0 Å². The van der Waals surface area contributed by atoms with Gasteiger partial charge in [-0.25, -0.2) is 9.07 Å². The van der Waals surface area contributed by atoms with E-state index in [0.29, 0.717) is 10.3 Å². The van der Waals surface area contributed by atoms with Crippen LogP contribution in [0.15, 0.2) is 34.9 Å². The van der Waals surface area contributed by atoms with Crippen LogP contribution in [0.25, 0.3) is 0 Å². The summed E-state index contributed by atoms with van der Waals surface area (Å²) in [4.78, 5) is 12.1. The fourth-order valence-electron chi connectivity index (χ4n) is 1.79. The Bertz CT molecular complexity index is 627. The van der Waals surface area contributed by atoms with E-state index in [0.717, 1.165) is 6.42 Å². The summed E-state index contributed by atoms with van der Waals surface area (Å²) in [6, 6.07) is 6.19. The molecule has 1 atom stereocenters. The lowest BCUT2D eigenvalue weighted by Gasteiger charge is -2.14. The zero-order chi connectivity index (χ0) is 14.7. The highest BCUT2D eigenvalue weighted by Gasteiger charge is 2.15. The van der Waals surface area contributed by atoms with Gasteiger partial charge < -0.3 is 5.32 Å². The minimum absolute atomic E-state index is 0.00472. The molecule has 0 aliphatic rings. The third-order valence-corrected chi connectivity index (χ3v) is 3.59. The third-order valence-electron chi connectivity index (χ3n) is 3.10. The summed E-state index contributed by atoms with van der Waals surface area (Å²) in [7, 11) is 0. The largest absolute Gasteiger partial charge is 0.307 e. The monoisotopic (exact) mass is 339 g/mol. The second-order valence-electron chi connectivity index (χ2n) is 4.50. The van der Waals surface area contributed by atoms with Gasteiger partial charge in [-0.05, 0) is 31.5 Å². The first-order valence-corrected chi connectivity index (χ1v) is 7.12. The molecule has 0 aliphatic heterocycles. The van der Waals surface area contributed by atoms with Gasteiger partial charge in [0.25, 0.3) is 5.91 Å². The highest BCUT2D eigenvalue weighted by atomic mass is 79.9. The third kappa shape index (κ3) is 3.07. The lowest BCUT2D eigenvalue weighted by atomic mass is 10.2. The van der Waals surface area contributed by atoms with E-state index in [2.05, 4.69) is 26.3 Å². The maximum Gasteiger partial charge on any atom is 0.259 e. The Morgan fingerprint density at radius 3 is 2.90 bits per heavy atom. The molecule has 0 bridgehead atoms. The maximum atomic E-state index is 13.7. The molecule has 2 aromatic rings. The van der Waals surface area contributed by atoms with Gasteiger partial charge in [0.05, 0.1) is 17.8 Å². The van der Waals surface area contributed by atoms with E-state index in [-0.39, 0.29) is 11.6 Å². The van der Waals surface area contributed by atoms with Crippen molar-refractivity contribution in [2.24, 2.45) is 0 Å². The highest BCUT2D eigenvalue weighted by molar-refractivity contribution is 9.10. The standard InChI is InChI=1S/C14H15BrFN3O/c1-3-9(2)19-13(6-7-17-19)18-14(20)11-5-4-10(15)8-12(11)16/h4-9H,3H2,1-2H3,(H,18,20). The van der Waals surface area contributed by atoms with E-state index >= 15 is 0 Å². The Morgan fingerprint density at radius 1 is 1.50 bits per heavy atom. The highest BCUT2D eigenvalue weighted by Crippen LogP contribution is 2.19. The Labute approximate surface area is 125 Å². The fraction of sp³-hybridized carbons (Fsp3) is 0.286. The summed E-state index contributed by atoms with van der Waals surface area (Å²) in [5.74, 6) is -0.488. The molecule has 1 amide bonds. The van der Waals surface area contributed by atoms with Crippen molar-refractivity contribution in [1.29, 1.82) is 0 Å². The first-order chi connectivity index (χ1) is 9.52. The number of aromatic nitrogens is 2. The molecular weight excluding hydrogens is 325 g/mol. The van der Waals surface area contributed by atoms with Crippen LogP contribution in [-0.4, -0.2) is 15.7 Å². The molecule has 1 aromatic heterocycles. The predicted molar refractivity (Wildman–Crippen MR) is 79.3 cm³/mol. The van der Waals surface area contributed by atoms with Gasteiger partial charge in [0.15, 0.2) is 0 Å². The number of amides is 1. The van der Waals surface area contributed by atoms with Gasteiger partial charge in [-0.15, -0.1) is 0 Å². The molecule has 0 aliphatic carbocycles. The summed E-state index contributed by atoms with van der Waals surface area (Å²) in [6.45, 7) is 4.04. The van der Waals surface area contributed by atoms with Crippen molar-refractivity contribution < 1.29 is 9.18 Å². The van der Waals surface area contributed by atoms with Crippen LogP contribution >= 0.6 is 15.9 Å². The van der Waals surface area contributed by atoms with E-state index in [9.17, 15) is 9.18 Å². The lowest BCUT2D eigenvalue weighted by molar-refractivity contribution is 0.102. The number of nitrogens with one attached hydrogen (secondary N) is 1. The van der Waals surface area contributed by atoms with Gasteiger partial charge in [0.1, 0.15) is 11.6 Å². The molecule has 2 rings (SSSR count). The summed E-state index contributed by atoms with van der Waals surface area (Å²) < 4.78 is 16.1. The van der Waals surface area contributed by atoms with E-state index in [1.165, 1.54) is 12.1 Å². The van der Waals surface area contributed by atoms with Crippen LogP contribution in [0.1, 0.15) is 36.7 Å². The number of benzene rings is 1. The molecule has 106 valence electrons. The minimum atomic E-state index is -0.563.